The summed E-state index contributed by atoms with van der Waals surface area (Å²) < 4.78 is 28.3. The first-order valence-electron chi connectivity index (χ1n) is 17.8. The van der Waals surface area contributed by atoms with Gasteiger partial charge in [0.15, 0.2) is 17.4 Å². The van der Waals surface area contributed by atoms with Crippen molar-refractivity contribution < 1.29 is 28.6 Å². The number of nitrogens with zero attached hydrogens (tertiary/aromatic N) is 1. The Bertz CT molecular complexity index is 1880. The molecule has 1 heterocycles. The van der Waals surface area contributed by atoms with Gasteiger partial charge in [0.2, 0.25) is 0 Å². The van der Waals surface area contributed by atoms with Crippen molar-refractivity contribution in [2.75, 3.05) is 18.4 Å². The van der Waals surface area contributed by atoms with Crippen LogP contribution in [-0.4, -0.2) is 51.7 Å². The third-order valence-corrected chi connectivity index (χ3v) is 12.0. The number of anilines is 1. The molecule has 0 aliphatic heterocycles. The van der Waals surface area contributed by atoms with Crippen molar-refractivity contribution >= 4 is 28.8 Å². The predicted octanol–water partition coefficient (Wildman–Crippen LogP) is 9.07. The van der Waals surface area contributed by atoms with Crippen LogP contribution in [0.3, 0.4) is 0 Å². The number of benzene rings is 3. The summed E-state index contributed by atoms with van der Waals surface area (Å²) in [7, 11) is 0. The Morgan fingerprint density at radius 3 is 2.53 bits per heavy atom. The van der Waals surface area contributed by atoms with Crippen LogP contribution in [0, 0.1) is 17.0 Å². The van der Waals surface area contributed by atoms with Crippen molar-refractivity contribution in [1.82, 2.24) is 4.90 Å². The Morgan fingerprint density at radius 1 is 0.980 bits per heavy atom. The molecule has 0 spiro atoms. The number of hydrogen-bond acceptors (Lipinski definition) is 5. The van der Waals surface area contributed by atoms with Crippen molar-refractivity contribution in [1.29, 1.82) is 0 Å². The molecular weight excluding hydrogens is 667 g/mol. The van der Waals surface area contributed by atoms with E-state index >= 15 is 0 Å². The maximum absolute atomic E-state index is 14.4. The zero-order chi connectivity index (χ0) is 36.2. The molecule has 0 saturated heterocycles. The van der Waals surface area contributed by atoms with Gasteiger partial charge in [0.1, 0.15) is 0 Å². The number of fused-ring (bicyclic) bond motifs is 8. The number of allylic oxidation sites excluding steroid dienone is 2. The minimum atomic E-state index is -1.32. The number of aliphatic hydroxyl groups excluding tert-OH is 1. The average molecular weight is 713 g/mol. The van der Waals surface area contributed by atoms with Gasteiger partial charge in [0.05, 0.1) is 18.2 Å². The van der Waals surface area contributed by atoms with E-state index in [1.54, 1.807) is 22.3 Å². The zero-order valence-electron chi connectivity index (χ0n) is 29.2. The summed E-state index contributed by atoms with van der Waals surface area (Å²) in [6.45, 7) is 4.61. The molecule has 0 radical (unpaired) electrons. The number of amides is 2. The number of carbonyl (C=O) groups is 2. The third-order valence-electron chi connectivity index (χ3n) is 11.1. The second-order valence-corrected chi connectivity index (χ2v) is 15.5. The Labute approximate surface area is 302 Å². The Morgan fingerprint density at radius 2 is 1.78 bits per heavy atom. The van der Waals surface area contributed by atoms with E-state index in [0.29, 0.717) is 69.2 Å². The zero-order valence-corrected chi connectivity index (χ0v) is 30.0. The van der Waals surface area contributed by atoms with Crippen LogP contribution in [0.2, 0.25) is 0 Å². The van der Waals surface area contributed by atoms with Gasteiger partial charge in [-0.2, -0.15) is 0 Å². The Hall–Kier alpha value is -4.18. The highest BCUT2D eigenvalue weighted by molar-refractivity contribution is 7.09. The molecule has 7 rings (SSSR count). The van der Waals surface area contributed by atoms with Crippen LogP contribution in [0.15, 0.2) is 95.9 Å². The molecule has 6 nitrogen and oxygen atoms in total. The first-order chi connectivity index (χ1) is 24.5. The van der Waals surface area contributed by atoms with Gasteiger partial charge in [-0.15, -0.1) is 11.3 Å². The highest BCUT2D eigenvalue weighted by atomic mass is 32.1. The summed E-state index contributed by atoms with van der Waals surface area (Å²) in [6, 6.07) is 21.8. The topological polar surface area (TPSA) is 89.9 Å². The van der Waals surface area contributed by atoms with Crippen LogP contribution in [0.25, 0.3) is 0 Å². The van der Waals surface area contributed by atoms with Gasteiger partial charge in [-0.05, 0) is 123 Å². The summed E-state index contributed by atoms with van der Waals surface area (Å²) in [5.41, 5.74) is 1.59. The van der Waals surface area contributed by atoms with Crippen LogP contribution in [0.5, 0.6) is 0 Å². The number of thiophene rings is 1. The van der Waals surface area contributed by atoms with Crippen molar-refractivity contribution in [3.8, 4) is 0 Å². The molecule has 1 aromatic heterocycles. The largest absolute Gasteiger partial charge is 0.393 e. The van der Waals surface area contributed by atoms with Gasteiger partial charge >= 0.3 is 6.03 Å². The minimum Gasteiger partial charge on any atom is -0.393 e. The predicted molar refractivity (Wildman–Crippen MR) is 198 cm³/mol. The van der Waals surface area contributed by atoms with Crippen LogP contribution in [-0.2, 0) is 12.8 Å². The number of hydrogen-bond donors (Lipinski definition) is 3. The smallest absolute Gasteiger partial charge is 0.321 e. The second kappa shape index (κ2) is 15.6. The van der Waals surface area contributed by atoms with Crippen LogP contribution < -0.4 is 5.32 Å². The molecule has 2 amide bonds. The van der Waals surface area contributed by atoms with E-state index in [2.05, 4.69) is 25.2 Å². The van der Waals surface area contributed by atoms with Gasteiger partial charge in [-0.1, -0.05) is 55.0 Å². The van der Waals surface area contributed by atoms with Gasteiger partial charge in [-0.25, -0.2) is 13.6 Å². The molecule has 3 aliphatic rings. The lowest BCUT2D eigenvalue weighted by atomic mass is 9.64. The molecule has 3 aromatic carbocycles. The van der Waals surface area contributed by atoms with E-state index in [-0.39, 0.29) is 24.1 Å². The van der Waals surface area contributed by atoms with Crippen molar-refractivity contribution in [2.45, 2.75) is 82.8 Å². The third kappa shape index (κ3) is 8.16. The first-order valence-corrected chi connectivity index (χ1v) is 18.7. The summed E-state index contributed by atoms with van der Waals surface area (Å²) in [6.07, 6.45) is 5.98. The number of nitrogens with one attached hydrogen (secondary N) is 1. The summed E-state index contributed by atoms with van der Waals surface area (Å²) in [4.78, 5) is 31.0. The van der Waals surface area contributed by atoms with E-state index in [1.165, 1.54) is 6.07 Å². The molecule has 3 aliphatic carbocycles. The van der Waals surface area contributed by atoms with Crippen LogP contribution in [0.4, 0.5) is 19.3 Å². The van der Waals surface area contributed by atoms with Gasteiger partial charge in [-0.3, -0.25) is 4.79 Å². The molecule has 9 heteroatoms. The standard InChI is InChI=1S/C42H46F2N2O4S/c1-28-8-6-20-41(2)36(34-16-13-29(24-32(47)15-12-28)25-35(34)39(48)30-14-17-37(43)38(44)26-30)18-21-42(41,50)27-46(22-19-33-11-7-23-51-33)40(49)45-31-9-4-3-5-10-31/h3-5,7-11,13-14,16-17,23,25-26,32,36,47,50H,6,12,15,18-22,24,27H2,1-2H3,(H,45,49). The van der Waals surface area contributed by atoms with Crippen molar-refractivity contribution in [3.05, 3.63) is 135 Å². The molecule has 51 heavy (non-hydrogen) atoms. The van der Waals surface area contributed by atoms with Crippen LogP contribution in [0.1, 0.15) is 90.2 Å². The quantitative estimate of drug-likeness (QED) is 0.126. The SMILES string of the molecule is CC1=CCCC2(C)C(CCC2(O)CN(CCc2cccs2)C(=O)Nc2ccccc2)c2ccc(cc2C(=O)c2ccc(F)c(F)c2)CC(O)CC1. The maximum atomic E-state index is 14.4. The number of rotatable bonds is 8. The number of urea groups is 1. The lowest BCUT2D eigenvalue weighted by Crippen LogP contribution is -2.54. The number of aliphatic hydroxyl groups is 2. The Kier molecular flexibility index (Phi) is 11.2. The molecule has 1 fully saturated rings. The fraction of sp³-hybridized carbons (Fsp3) is 0.381. The fourth-order valence-electron chi connectivity index (χ4n) is 7.98. The van der Waals surface area contributed by atoms with Gasteiger partial charge < -0.3 is 20.4 Å². The number of para-hydroxylation sites is 1. The van der Waals surface area contributed by atoms with Crippen LogP contribution >= 0.6 is 11.3 Å². The molecule has 4 aromatic rings. The normalized spacial score (nSPS) is 23.6. The average Bonchev–Trinajstić information content (AvgIpc) is 3.72. The molecular formula is C42H46F2N2O4S. The molecule has 4 atom stereocenters. The molecule has 2 bridgehead atoms. The highest BCUT2D eigenvalue weighted by Crippen LogP contribution is 2.59. The summed E-state index contributed by atoms with van der Waals surface area (Å²) in [5.74, 6) is -2.87. The first kappa shape index (κ1) is 36.6. The fourth-order valence-corrected chi connectivity index (χ4v) is 8.68. The van der Waals surface area contributed by atoms with E-state index in [1.807, 2.05) is 60.0 Å². The molecule has 3 N–H and O–H groups in total. The second-order valence-electron chi connectivity index (χ2n) is 14.5. The van der Waals surface area contributed by atoms with Crippen molar-refractivity contribution in [3.63, 3.8) is 0 Å². The summed E-state index contributed by atoms with van der Waals surface area (Å²) >= 11 is 1.63. The lowest BCUT2D eigenvalue weighted by molar-refractivity contribution is -0.0762. The van der Waals surface area contributed by atoms with Gasteiger partial charge in [0, 0.05) is 33.7 Å². The monoisotopic (exact) mass is 712 g/mol. The summed E-state index contributed by atoms with van der Waals surface area (Å²) in [5, 5.41) is 28.8. The number of ketones is 1. The molecule has 268 valence electrons. The minimum absolute atomic E-state index is 0.0276. The van der Waals surface area contributed by atoms with Crippen molar-refractivity contribution in [2.24, 2.45) is 5.41 Å². The highest BCUT2D eigenvalue weighted by Gasteiger charge is 2.57. The number of carbonyl (C=O) groups excluding carboxylic acids is 2. The maximum Gasteiger partial charge on any atom is 0.321 e. The molecule has 1 saturated carbocycles. The van der Waals surface area contributed by atoms with E-state index < -0.39 is 34.5 Å². The van der Waals surface area contributed by atoms with E-state index in [4.69, 9.17) is 0 Å². The van der Waals surface area contributed by atoms with Gasteiger partial charge in [0.25, 0.3) is 0 Å². The lowest BCUT2D eigenvalue weighted by Gasteiger charge is -2.46. The Balaban J connectivity index is 1.40. The van der Waals surface area contributed by atoms with E-state index in [0.717, 1.165) is 33.7 Å². The number of halogens is 2. The molecule has 4 unspecified atom stereocenters. The van der Waals surface area contributed by atoms with E-state index in [9.17, 15) is 28.6 Å².